The molecule has 0 aliphatic heterocycles. The van der Waals surface area contributed by atoms with Crippen molar-refractivity contribution >= 4 is 11.7 Å². The summed E-state index contributed by atoms with van der Waals surface area (Å²) in [7, 11) is 1.54. The average molecular weight is 413 g/mol. The van der Waals surface area contributed by atoms with E-state index in [0.717, 1.165) is 17.8 Å². The molecule has 1 aromatic carbocycles. The maximum Gasteiger partial charge on any atom is 0.256 e. The van der Waals surface area contributed by atoms with Crippen molar-refractivity contribution in [1.82, 2.24) is 20.3 Å². The van der Waals surface area contributed by atoms with E-state index < -0.39 is 11.6 Å². The van der Waals surface area contributed by atoms with Crippen LogP contribution in [0.15, 0.2) is 48.8 Å². The molecule has 0 radical (unpaired) electrons. The summed E-state index contributed by atoms with van der Waals surface area (Å²) in [5.74, 6) is -1.87. The van der Waals surface area contributed by atoms with E-state index in [4.69, 9.17) is 4.74 Å². The number of carbonyl (C=O) groups excluding carboxylic acids is 1. The summed E-state index contributed by atoms with van der Waals surface area (Å²) in [6.45, 7) is 1.15. The first-order chi connectivity index (χ1) is 14.6. The minimum absolute atomic E-state index is 0.169. The molecule has 9 heteroatoms. The van der Waals surface area contributed by atoms with Gasteiger partial charge in [-0.2, -0.15) is 0 Å². The molecule has 0 saturated carbocycles. The van der Waals surface area contributed by atoms with Crippen molar-refractivity contribution in [3.8, 4) is 11.4 Å². The lowest BCUT2D eigenvalue weighted by atomic mass is 10.2. The third-order valence-electron chi connectivity index (χ3n) is 4.20. The normalized spacial score (nSPS) is 10.6. The van der Waals surface area contributed by atoms with Crippen LogP contribution >= 0.6 is 0 Å². The van der Waals surface area contributed by atoms with Crippen LogP contribution in [0.2, 0.25) is 0 Å². The molecule has 3 aromatic rings. The van der Waals surface area contributed by atoms with Crippen molar-refractivity contribution in [2.75, 3.05) is 32.1 Å². The summed E-state index contributed by atoms with van der Waals surface area (Å²) >= 11 is 0. The lowest BCUT2D eigenvalue weighted by molar-refractivity contribution is 0.0937. The number of halogens is 2. The van der Waals surface area contributed by atoms with Crippen molar-refractivity contribution in [2.24, 2.45) is 0 Å². The van der Waals surface area contributed by atoms with E-state index in [2.05, 4.69) is 25.6 Å². The second kappa shape index (κ2) is 10.4. The number of hydrogen-bond donors (Lipinski definition) is 2. The van der Waals surface area contributed by atoms with Crippen molar-refractivity contribution < 1.29 is 18.3 Å². The molecule has 0 bridgehead atoms. The van der Waals surface area contributed by atoms with E-state index in [1.165, 1.54) is 19.4 Å². The van der Waals surface area contributed by atoms with Crippen LogP contribution in [0.5, 0.6) is 0 Å². The van der Waals surface area contributed by atoms with Crippen molar-refractivity contribution in [3.63, 3.8) is 0 Å². The third-order valence-corrected chi connectivity index (χ3v) is 4.20. The number of carbonyl (C=O) groups is 1. The number of nitrogens with zero attached hydrogens (tertiary/aromatic N) is 3. The highest BCUT2D eigenvalue weighted by molar-refractivity contribution is 5.98. The molecule has 0 atom stereocenters. The lowest BCUT2D eigenvalue weighted by Gasteiger charge is -2.13. The predicted molar refractivity (Wildman–Crippen MR) is 108 cm³/mol. The third kappa shape index (κ3) is 5.54. The number of pyridine rings is 1. The molecule has 3 rings (SSSR count). The van der Waals surface area contributed by atoms with Gasteiger partial charge < -0.3 is 15.4 Å². The number of hydrogen-bond acceptors (Lipinski definition) is 6. The van der Waals surface area contributed by atoms with Gasteiger partial charge in [-0.3, -0.25) is 9.78 Å². The molecule has 0 aliphatic rings. The van der Waals surface area contributed by atoms with Gasteiger partial charge in [-0.15, -0.1) is 0 Å². The second-order valence-corrected chi connectivity index (χ2v) is 6.33. The van der Waals surface area contributed by atoms with E-state index in [-0.39, 0.29) is 23.1 Å². The van der Waals surface area contributed by atoms with E-state index in [9.17, 15) is 13.6 Å². The predicted octanol–water partition coefficient (Wildman–Crippen LogP) is 2.85. The lowest BCUT2D eigenvalue weighted by Crippen LogP contribution is -2.28. The van der Waals surface area contributed by atoms with Crippen LogP contribution in [0.25, 0.3) is 11.4 Å². The van der Waals surface area contributed by atoms with Gasteiger partial charge in [-0.1, -0.05) is 6.07 Å². The molecule has 0 spiro atoms. The Morgan fingerprint density at radius 3 is 2.70 bits per heavy atom. The van der Waals surface area contributed by atoms with Gasteiger partial charge in [0.2, 0.25) is 0 Å². The zero-order valence-corrected chi connectivity index (χ0v) is 16.4. The van der Waals surface area contributed by atoms with Gasteiger partial charge >= 0.3 is 0 Å². The summed E-state index contributed by atoms with van der Waals surface area (Å²) < 4.78 is 31.8. The van der Waals surface area contributed by atoms with E-state index in [0.29, 0.717) is 31.7 Å². The number of methoxy groups -OCH3 is 1. The Balaban J connectivity index is 1.83. The van der Waals surface area contributed by atoms with Gasteiger partial charge in [0, 0.05) is 50.3 Å². The highest BCUT2D eigenvalue weighted by atomic mass is 19.2. The Bertz CT molecular complexity index is 1000. The monoisotopic (exact) mass is 413 g/mol. The number of benzene rings is 1. The largest absolute Gasteiger partial charge is 0.383 e. The first-order valence-corrected chi connectivity index (χ1v) is 9.32. The molecule has 0 aliphatic carbocycles. The Kier molecular flexibility index (Phi) is 7.34. The molecule has 30 heavy (non-hydrogen) atoms. The van der Waals surface area contributed by atoms with Gasteiger partial charge in [0.15, 0.2) is 17.5 Å². The zero-order valence-electron chi connectivity index (χ0n) is 16.4. The number of ether oxygens (including phenoxy) is 1. The van der Waals surface area contributed by atoms with Gasteiger partial charge in [0.05, 0.1) is 6.61 Å². The van der Waals surface area contributed by atoms with Crippen molar-refractivity contribution in [1.29, 1.82) is 0 Å². The highest BCUT2D eigenvalue weighted by Crippen LogP contribution is 2.21. The molecule has 0 saturated heterocycles. The molecule has 2 N–H and O–H groups in total. The molecule has 2 heterocycles. The van der Waals surface area contributed by atoms with Gasteiger partial charge in [0.25, 0.3) is 5.91 Å². The standard InChI is InChI=1S/C21H21F2N5O2/c1-30-11-10-26-21(29)16-13-27-19(14-5-6-17(22)18(23)12-14)28-20(16)25-9-7-15-4-2-3-8-24-15/h2-6,8,12-13H,7,9-11H2,1H3,(H,26,29)(H,25,27,28). The quantitative estimate of drug-likeness (QED) is 0.525. The molecule has 1 amide bonds. The van der Waals surface area contributed by atoms with Crippen molar-refractivity contribution in [3.05, 3.63) is 71.7 Å². The average Bonchev–Trinajstić information content (AvgIpc) is 2.76. The minimum Gasteiger partial charge on any atom is -0.383 e. The van der Waals surface area contributed by atoms with Crippen LogP contribution in [0, 0.1) is 11.6 Å². The maximum absolute atomic E-state index is 13.6. The smallest absolute Gasteiger partial charge is 0.256 e. The minimum atomic E-state index is -0.998. The summed E-state index contributed by atoms with van der Waals surface area (Å²) in [6.07, 6.45) is 3.67. The number of nitrogens with one attached hydrogen (secondary N) is 2. The first-order valence-electron chi connectivity index (χ1n) is 9.32. The van der Waals surface area contributed by atoms with Gasteiger partial charge in [-0.25, -0.2) is 18.7 Å². The number of amides is 1. The van der Waals surface area contributed by atoms with E-state index in [1.807, 2.05) is 18.2 Å². The molecule has 0 unspecified atom stereocenters. The summed E-state index contributed by atoms with van der Waals surface area (Å²) in [5, 5.41) is 5.84. The van der Waals surface area contributed by atoms with Crippen LogP contribution in [0.1, 0.15) is 16.1 Å². The van der Waals surface area contributed by atoms with Crippen LogP contribution < -0.4 is 10.6 Å². The Morgan fingerprint density at radius 2 is 1.97 bits per heavy atom. The first kappa shape index (κ1) is 21.3. The van der Waals surface area contributed by atoms with Gasteiger partial charge in [0.1, 0.15) is 11.4 Å². The van der Waals surface area contributed by atoms with Gasteiger partial charge in [-0.05, 0) is 30.3 Å². The fraction of sp³-hybridized carbons (Fsp3) is 0.238. The molecular weight excluding hydrogens is 392 g/mol. The summed E-state index contributed by atoms with van der Waals surface area (Å²) in [4.78, 5) is 25.3. The fourth-order valence-corrected chi connectivity index (χ4v) is 2.67. The number of aromatic nitrogens is 3. The Labute approximate surface area is 172 Å². The second-order valence-electron chi connectivity index (χ2n) is 6.33. The topological polar surface area (TPSA) is 89.0 Å². The Morgan fingerprint density at radius 1 is 1.10 bits per heavy atom. The SMILES string of the molecule is COCCNC(=O)c1cnc(-c2ccc(F)c(F)c2)nc1NCCc1ccccn1. The molecule has 156 valence electrons. The summed E-state index contributed by atoms with van der Waals surface area (Å²) in [5.41, 5.74) is 1.41. The number of rotatable bonds is 9. The number of anilines is 1. The molecule has 0 fully saturated rings. The van der Waals surface area contributed by atoms with Crippen LogP contribution in [-0.2, 0) is 11.2 Å². The highest BCUT2D eigenvalue weighted by Gasteiger charge is 2.16. The van der Waals surface area contributed by atoms with E-state index >= 15 is 0 Å². The van der Waals surface area contributed by atoms with Crippen LogP contribution in [0.4, 0.5) is 14.6 Å². The summed E-state index contributed by atoms with van der Waals surface area (Å²) in [6, 6.07) is 9.02. The zero-order chi connectivity index (χ0) is 21.3. The van der Waals surface area contributed by atoms with Crippen LogP contribution in [0.3, 0.4) is 0 Å². The maximum atomic E-state index is 13.6. The Hall–Kier alpha value is -3.46. The molecular formula is C21H21F2N5O2. The fourth-order valence-electron chi connectivity index (χ4n) is 2.67. The van der Waals surface area contributed by atoms with Crippen LogP contribution in [-0.4, -0.2) is 47.7 Å². The molecule has 2 aromatic heterocycles. The molecule has 7 nitrogen and oxygen atoms in total. The van der Waals surface area contributed by atoms with E-state index in [1.54, 1.807) is 6.20 Å². The van der Waals surface area contributed by atoms with Crippen molar-refractivity contribution in [2.45, 2.75) is 6.42 Å².